The van der Waals surface area contributed by atoms with Crippen LogP contribution in [0.15, 0.2) is 29.2 Å². The van der Waals surface area contributed by atoms with Crippen LogP contribution in [0.4, 0.5) is 5.69 Å². The molecule has 25 heavy (non-hydrogen) atoms. The molecule has 1 unspecified atom stereocenters. The summed E-state index contributed by atoms with van der Waals surface area (Å²) in [5.41, 5.74) is 0.0720. The number of nitrogens with zero attached hydrogens (tertiary/aromatic N) is 2. The fraction of sp³-hybridized carbons (Fsp3) is 0.647. The van der Waals surface area contributed by atoms with Crippen LogP contribution in [0.2, 0.25) is 0 Å². The lowest BCUT2D eigenvalue weighted by Gasteiger charge is -2.32. The molecular weight excluding hydrogens is 344 g/mol. The van der Waals surface area contributed by atoms with Crippen LogP contribution in [0, 0.1) is 10.1 Å². The smallest absolute Gasteiger partial charge is 0.284 e. The van der Waals surface area contributed by atoms with E-state index >= 15 is 0 Å². The first-order valence-electron chi connectivity index (χ1n) is 8.71. The van der Waals surface area contributed by atoms with Gasteiger partial charge in [0, 0.05) is 32.0 Å². The van der Waals surface area contributed by atoms with Crippen molar-refractivity contribution in [1.29, 1.82) is 0 Å². The molecule has 2 fully saturated rings. The van der Waals surface area contributed by atoms with Crippen LogP contribution in [-0.4, -0.2) is 52.5 Å². The normalized spacial score (nSPS) is 22.6. The van der Waals surface area contributed by atoms with Gasteiger partial charge in [-0.2, -0.15) is 0 Å². The van der Waals surface area contributed by atoms with E-state index in [4.69, 9.17) is 9.47 Å². The van der Waals surface area contributed by atoms with E-state index in [-0.39, 0.29) is 23.3 Å². The zero-order valence-electron chi connectivity index (χ0n) is 14.1. The van der Waals surface area contributed by atoms with Crippen LogP contribution in [0.5, 0.6) is 0 Å². The Labute approximate surface area is 151 Å². The quantitative estimate of drug-likeness (QED) is 0.450. The second-order valence-electron chi connectivity index (χ2n) is 6.45. The minimum Gasteiger partial charge on any atom is -0.395 e. The molecule has 1 atom stereocenters. The van der Waals surface area contributed by atoms with E-state index < -0.39 is 5.79 Å². The van der Waals surface area contributed by atoms with Gasteiger partial charge in [-0.3, -0.25) is 10.1 Å². The van der Waals surface area contributed by atoms with Crippen LogP contribution >= 0.6 is 11.9 Å². The summed E-state index contributed by atoms with van der Waals surface area (Å²) in [6.07, 6.45) is 5.25. The molecule has 0 amide bonds. The number of ether oxygens (including phenoxy) is 2. The molecule has 138 valence electrons. The molecule has 1 saturated carbocycles. The number of rotatable bonds is 7. The average Bonchev–Trinajstić information content (AvgIpc) is 2.98. The molecule has 1 aliphatic carbocycles. The minimum absolute atomic E-state index is 0.0215. The van der Waals surface area contributed by atoms with Gasteiger partial charge in [-0.25, -0.2) is 4.31 Å². The molecule has 1 spiro atoms. The predicted octanol–water partition coefficient (Wildman–Crippen LogP) is 2.97. The predicted molar refractivity (Wildman–Crippen MR) is 94.3 cm³/mol. The number of nitro benzene ring substituents is 1. The Morgan fingerprint density at radius 3 is 2.80 bits per heavy atom. The van der Waals surface area contributed by atoms with Crippen LogP contribution < -0.4 is 0 Å². The number of hydrogen-bond acceptors (Lipinski definition) is 7. The summed E-state index contributed by atoms with van der Waals surface area (Å²) in [4.78, 5) is 11.4. The molecule has 8 heteroatoms. The number of aliphatic hydroxyl groups is 1. The zero-order valence-corrected chi connectivity index (χ0v) is 15.0. The summed E-state index contributed by atoms with van der Waals surface area (Å²) in [5.74, 6) is -0.433. The molecule has 0 radical (unpaired) electrons. The topological polar surface area (TPSA) is 85.1 Å². The van der Waals surface area contributed by atoms with Gasteiger partial charge in [0.15, 0.2) is 5.79 Å². The van der Waals surface area contributed by atoms with Crippen LogP contribution in [0.1, 0.15) is 32.1 Å². The van der Waals surface area contributed by atoms with E-state index in [9.17, 15) is 15.2 Å². The Kier molecular flexibility index (Phi) is 6.29. The minimum atomic E-state index is -0.433. The number of benzene rings is 1. The van der Waals surface area contributed by atoms with E-state index in [1.807, 2.05) is 4.31 Å². The average molecular weight is 368 g/mol. The van der Waals surface area contributed by atoms with Gasteiger partial charge < -0.3 is 14.6 Å². The summed E-state index contributed by atoms with van der Waals surface area (Å²) >= 11 is 1.29. The molecule has 0 bridgehead atoms. The molecule has 1 aromatic carbocycles. The Balaban J connectivity index is 1.63. The third-order valence-electron chi connectivity index (χ3n) is 4.58. The van der Waals surface area contributed by atoms with Crippen molar-refractivity contribution in [2.75, 3.05) is 26.3 Å². The highest BCUT2D eigenvalue weighted by molar-refractivity contribution is 7.97. The summed E-state index contributed by atoms with van der Waals surface area (Å²) in [6.45, 7) is 1.47. The maximum atomic E-state index is 11.2. The molecular formula is C17H24N2O5S. The second kappa shape index (κ2) is 8.46. The van der Waals surface area contributed by atoms with E-state index in [0.717, 1.165) is 25.7 Å². The van der Waals surface area contributed by atoms with Gasteiger partial charge in [-0.1, -0.05) is 18.6 Å². The highest BCUT2D eigenvalue weighted by atomic mass is 32.2. The van der Waals surface area contributed by atoms with Crippen molar-refractivity contribution in [2.45, 2.75) is 48.9 Å². The second-order valence-corrected chi connectivity index (χ2v) is 7.59. The maximum absolute atomic E-state index is 11.2. The maximum Gasteiger partial charge on any atom is 0.284 e. The van der Waals surface area contributed by atoms with Gasteiger partial charge in [0.2, 0.25) is 0 Å². The lowest BCUT2D eigenvalue weighted by molar-refractivity contribution is -0.387. The summed E-state index contributed by atoms with van der Waals surface area (Å²) in [6, 6.07) is 6.64. The lowest BCUT2D eigenvalue weighted by atomic mass is 9.94. The van der Waals surface area contributed by atoms with Gasteiger partial charge in [0.1, 0.15) is 4.90 Å². The molecule has 7 nitrogen and oxygen atoms in total. The molecule has 3 rings (SSSR count). The Bertz CT molecular complexity index is 594. The van der Waals surface area contributed by atoms with E-state index in [1.54, 1.807) is 18.2 Å². The van der Waals surface area contributed by atoms with Gasteiger partial charge in [-0.15, -0.1) is 0 Å². The number of hydrogen-bond donors (Lipinski definition) is 1. The van der Waals surface area contributed by atoms with Crippen LogP contribution in [0.25, 0.3) is 0 Å². The van der Waals surface area contributed by atoms with Gasteiger partial charge in [0.25, 0.3) is 5.69 Å². The third-order valence-corrected chi connectivity index (χ3v) is 5.71. The summed E-state index contributed by atoms with van der Waals surface area (Å²) in [7, 11) is 0. The van der Waals surface area contributed by atoms with Crippen molar-refractivity contribution in [2.24, 2.45) is 0 Å². The Morgan fingerprint density at radius 2 is 2.08 bits per heavy atom. The molecule has 1 aromatic rings. The van der Waals surface area contributed by atoms with Crippen LogP contribution in [-0.2, 0) is 9.47 Å². The standard InChI is InChI=1S/C17H24N2O5S/c20-11-10-18(25-16-7-3-2-6-15(16)19(21)22)12-14-13-23-17(24-14)8-4-1-5-9-17/h2-3,6-7,14,20H,1,4-5,8-13H2. The van der Waals surface area contributed by atoms with E-state index in [1.165, 1.54) is 24.4 Å². The fourth-order valence-corrected chi connectivity index (χ4v) is 4.46. The first kappa shape index (κ1) is 18.6. The SMILES string of the molecule is O=[N+]([O-])c1ccccc1SN(CCO)CC1COC2(CCCCC2)O1. The monoisotopic (exact) mass is 368 g/mol. The van der Waals surface area contributed by atoms with Crippen LogP contribution in [0.3, 0.4) is 0 Å². The molecule has 0 aromatic heterocycles. The van der Waals surface area contributed by atoms with Gasteiger partial charge >= 0.3 is 0 Å². The molecule has 1 aliphatic heterocycles. The molecule has 1 saturated heterocycles. The molecule has 2 aliphatic rings. The van der Waals surface area contributed by atoms with Gasteiger partial charge in [0.05, 0.1) is 24.2 Å². The third kappa shape index (κ3) is 4.71. The fourth-order valence-electron chi connectivity index (χ4n) is 3.40. The highest BCUT2D eigenvalue weighted by Gasteiger charge is 2.42. The number of para-hydroxylation sites is 1. The highest BCUT2D eigenvalue weighted by Crippen LogP contribution is 2.39. The van der Waals surface area contributed by atoms with Crippen molar-refractivity contribution in [3.8, 4) is 0 Å². The van der Waals surface area contributed by atoms with Gasteiger partial charge in [-0.05, 0) is 30.9 Å². The Morgan fingerprint density at radius 1 is 1.32 bits per heavy atom. The number of nitro groups is 1. The van der Waals surface area contributed by atoms with E-state index in [0.29, 0.717) is 24.6 Å². The summed E-state index contributed by atoms with van der Waals surface area (Å²) < 4.78 is 14.1. The number of aliphatic hydroxyl groups excluding tert-OH is 1. The van der Waals surface area contributed by atoms with Crippen molar-refractivity contribution in [3.05, 3.63) is 34.4 Å². The van der Waals surface area contributed by atoms with Crippen molar-refractivity contribution >= 4 is 17.6 Å². The molecule has 1 N–H and O–H groups in total. The largest absolute Gasteiger partial charge is 0.395 e. The summed E-state index contributed by atoms with van der Waals surface area (Å²) in [5, 5.41) is 20.5. The van der Waals surface area contributed by atoms with Crippen molar-refractivity contribution in [3.63, 3.8) is 0 Å². The first-order valence-corrected chi connectivity index (χ1v) is 9.48. The van der Waals surface area contributed by atoms with Crippen molar-refractivity contribution in [1.82, 2.24) is 4.31 Å². The van der Waals surface area contributed by atoms with E-state index in [2.05, 4.69) is 0 Å². The Hall–Kier alpha value is -1.19. The molecule has 1 heterocycles. The first-order chi connectivity index (χ1) is 12.1. The zero-order chi connectivity index (χ0) is 17.7. The van der Waals surface area contributed by atoms with Crippen molar-refractivity contribution < 1.29 is 19.5 Å². The lowest BCUT2D eigenvalue weighted by Crippen LogP contribution is -2.36.